The van der Waals surface area contributed by atoms with Crippen molar-refractivity contribution in [1.29, 1.82) is 0 Å². The number of hydrogen-bond acceptors (Lipinski definition) is 5. The van der Waals surface area contributed by atoms with Crippen LogP contribution in [0.5, 0.6) is 0 Å². The summed E-state index contributed by atoms with van der Waals surface area (Å²) in [5.74, 6) is 1.25. The van der Waals surface area contributed by atoms with Crippen LogP contribution in [0.1, 0.15) is 39.5 Å². The van der Waals surface area contributed by atoms with Crippen molar-refractivity contribution in [2.45, 2.75) is 39.0 Å². The van der Waals surface area contributed by atoms with Crippen LogP contribution in [-0.2, 0) is 14.9 Å². The molecule has 1 aliphatic heterocycles. The summed E-state index contributed by atoms with van der Waals surface area (Å²) in [5.41, 5.74) is 1.45. The number of carbonyl (C=O) groups excluding carboxylic acids is 1. The van der Waals surface area contributed by atoms with Crippen molar-refractivity contribution in [3.63, 3.8) is 0 Å². The van der Waals surface area contributed by atoms with E-state index in [9.17, 15) is 4.79 Å². The zero-order valence-electron chi connectivity index (χ0n) is 14.3. The molecule has 1 amide bonds. The maximum Gasteiger partial charge on any atom is 0.232 e. The van der Waals surface area contributed by atoms with Crippen LogP contribution in [0.25, 0.3) is 11.4 Å². The highest BCUT2D eigenvalue weighted by atomic mass is 16.5. The molecule has 1 saturated heterocycles. The Morgan fingerprint density at radius 2 is 1.83 bits per heavy atom. The fourth-order valence-corrected chi connectivity index (χ4v) is 2.55. The van der Waals surface area contributed by atoms with E-state index >= 15 is 0 Å². The first-order chi connectivity index (χ1) is 11.4. The third kappa shape index (κ3) is 3.82. The van der Waals surface area contributed by atoms with Crippen LogP contribution in [0.3, 0.4) is 0 Å². The summed E-state index contributed by atoms with van der Waals surface area (Å²) in [4.78, 5) is 16.7. The average Bonchev–Trinajstić information content (AvgIpc) is 3.07. The van der Waals surface area contributed by atoms with Crippen molar-refractivity contribution in [1.82, 2.24) is 10.1 Å². The third-order valence-corrected chi connectivity index (χ3v) is 4.07. The van der Waals surface area contributed by atoms with Gasteiger partial charge in [-0.1, -0.05) is 25.9 Å². The molecule has 6 nitrogen and oxygen atoms in total. The Kier molecular flexibility index (Phi) is 4.66. The van der Waals surface area contributed by atoms with Crippen LogP contribution >= 0.6 is 0 Å². The van der Waals surface area contributed by atoms with E-state index in [0.29, 0.717) is 24.9 Å². The number of rotatable bonds is 3. The fraction of sp³-hybridized carbons (Fsp3) is 0.500. The van der Waals surface area contributed by atoms with E-state index < -0.39 is 0 Å². The van der Waals surface area contributed by atoms with Crippen molar-refractivity contribution < 1.29 is 14.1 Å². The molecule has 1 aromatic carbocycles. The smallest absolute Gasteiger partial charge is 0.232 e. The summed E-state index contributed by atoms with van der Waals surface area (Å²) in [6.45, 7) is 7.40. The van der Waals surface area contributed by atoms with Gasteiger partial charge < -0.3 is 14.6 Å². The normalized spacial score (nSPS) is 16.1. The number of benzene rings is 1. The predicted octanol–water partition coefficient (Wildman–Crippen LogP) is 3.40. The second-order valence-corrected chi connectivity index (χ2v) is 7.13. The summed E-state index contributed by atoms with van der Waals surface area (Å²) < 4.78 is 10.6. The number of hydrogen-bond donors (Lipinski definition) is 1. The largest absolute Gasteiger partial charge is 0.381 e. The molecule has 0 spiro atoms. The first kappa shape index (κ1) is 16.6. The van der Waals surface area contributed by atoms with Crippen LogP contribution in [0.4, 0.5) is 5.69 Å². The number of anilines is 1. The number of carbonyl (C=O) groups is 1. The van der Waals surface area contributed by atoms with Gasteiger partial charge in [0.15, 0.2) is 0 Å². The molecule has 2 heterocycles. The quantitative estimate of drug-likeness (QED) is 0.934. The second kappa shape index (κ2) is 6.73. The van der Waals surface area contributed by atoms with Crippen molar-refractivity contribution in [3.05, 3.63) is 30.2 Å². The van der Waals surface area contributed by atoms with E-state index in [2.05, 4.69) is 15.5 Å². The van der Waals surface area contributed by atoms with Crippen molar-refractivity contribution >= 4 is 11.6 Å². The molecular weight excluding hydrogens is 306 g/mol. The van der Waals surface area contributed by atoms with Gasteiger partial charge in [-0.3, -0.25) is 4.79 Å². The molecular formula is C18H23N3O3. The molecule has 0 unspecified atom stereocenters. The minimum atomic E-state index is -0.178. The molecule has 6 heteroatoms. The summed E-state index contributed by atoms with van der Waals surface area (Å²) in [6.07, 6.45) is 1.56. The van der Waals surface area contributed by atoms with Crippen LogP contribution in [0.2, 0.25) is 0 Å². The number of aromatic nitrogens is 2. The lowest BCUT2D eigenvalue weighted by Gasteiger charge is -2.21. The van der Waals surface area contributed by atoms with E-state index in [-0.39, 0.29) is 17.2 Å². The molecule has 0 atom stereocenters. The Bertz CT molecular complexity index is 695. The highest BCUT2D eigenvalue weighted by molar-refractivity contribution is 5.92. The molecule has 3 rings (SSSR count). The molecule has 1 aromatic heterocycles. The number of amides is 1. The number of nitrogens with zero attached hydrogens (tertiary/aromatic N) is 2. The van der Waals surface area contributed by atoms with E-state index in [1.165, 1.54) is 0 Å². The Morgan fingerprint density at radius 3 is 2.42 bits per heavy atom. The Morgan fingerprint density at radius 1 is 1.17 bits per heavy atom. The first-order valence-corrected chi connectivity index (χ1v) is 8.27. The van der Waals surface area contributed by atoms with Crippen LogP contribution < -0.4 is 5.32 Å². The molecule has 1 aliphatic rings. The Hall–Kier alpha value is -2.21. The zero-order chi connectivity index (χ0) is 17.2. The molecule has 2 aromatic rings. The van der Waals surface area contributed by atoms with Gasteiger partial charge in [0.2, 0.25) is 17.6 Å². The summed E-state index contributed by atoms with van der Waals surface area (Å²) >= 11 is 0. The lowest BCUT2D eigenvalue weighted by Crippen LogP contribution is -2.28. The van der Waals surface area contributed by atoms with E-state index in [4.69, 9.17) is 9.26 Å². The third-order valence-electron chi connectivity index (χ3n) is 4.07. The number of ether oxygens (including phenoxy) is 1. The topological polar surface area (TPSA) is 77.2 Å². The van der Waals surface area contributed by atoms with Crippen molar-refractivity contribution in [2.75, 3.05) is 18.5 Å². The molecule has 128 valence electrons. The van der Waals surface area contributed by atoms with Gasteiger partial charge in [-0.15, -0.1) is 0 Å². The SMILES string of the molecule is CC(C)(C)c1nc(-c2ccc(NC(=O)C3CCOCC3)cc2)no1. The molecule has 0 bridgehead atoms. The molecule has 24 heavy (non-hydrogen) atoms. The standard InChI is InChI=1S/C18H23N3O3/c1-18(2,3)17-20-15(21-24-17)12-4-6-14(7-5-12)19-16(22)13-8-10-23-11-9-13/h4-7,13H,8-11H2,1-3H3,(H,19,22). The molecule has 0 aliphatic carbocycles. The van der Waals surface area contributed by atoms with Crippen LogP contribution in [-0.4, -0.2) is 29.3 Å². The van der Waals surface area contributed by atoms with Gasteiger partial charge in [-0.05, 0) is 37.1 Å². The Balaban J connectivity index is 1.67. The highest BCUT2D eigenvalue weighted by Gasteiger charge is 2.23. The maximum atomic E-state index is 12.2. The van der Waals surface area contributed by atoms with E-state index in [0.717, 1.165) is 24.1 Å². The van der Waals surface area contributed by atoms with Crippen LogP contribution in [0, 0.1) is 5.92 Å². The van der Waals surface area contributed by atoms with Gasteiger partial charge in [0.1, 0.15) is 0 Å². The van der Waals surface area contributed by atoms with Gasteiger partial charge in [0.05, 0.1) is 0 Å². The summed E-state index contributed by atoms with van der Waals surface area (Å²) in [6, 6.07) is 7.49. The van der Waals surface area contributed by atoms with Gasteiger partial charge in [-0.25, -0.2) is 0 Å². The van der Waals surface area contributed by atoms with E-state index in [1.54, 1.807) is 0 Å². The van der Waals surface area contributed by atoms with Gasteiger partial charge in [-0.2, -0.15) is 4.98 Å². The molecule has 0 radical (unpaired) electrons. The second-order valence-electron chi connectivity index (χ2n) is 7.13. The monoisotopic (exact) mass is 329 g/mol. The molecule has 1 N–H and O–H groups in total. The van der Waals surface area contributed by atoms with E-state index in [1.807, 2.05) is 45.0 Å². The summed E-state index contributed by atoms with van der Waals surface area (Å²) in [5, 5.41) is 6.99. The van der Waals surface area contributed by atoms with Crippen molar-refractivity contribution in [3.8, 4) is 11.4 Å². The minimum Gasteiger partial charge on any atom is -0.381 e. The van der Waals surface area contributed by atoms with Gasteiger partial charge in [0.25, 0.3) is 0 Å². The maximum absolute atomic E-state index is 12.2. The zero-order valence-corrected chi connectivity index (χ0v) is 14.3. The highest BCUT2D eigenvalue weighted by Crippen LogP contribution is 2.25. The van der Waals surface area contributed by atoms with Crippen LogP contribution in [0.15, 0.2) is 28.8 Å². The minimum absolute atomic E-state index is 0.0324. The molecule has 1 fully saturated rings. The molecule has 0 saturated carbocycles. The lowest BCUT2D eigenvalue weighted by molar-refractivity contribution is -0.122. The Labute approximate surface area is 141 Å². The van der Waals surface area contributed by atoms with Crippen molar-refractivity contribution in [2.24, 2.45) is 5.92 Å². The first-order valence-electron chi connectivity index (χ1n) is 8.27. The number of nitrogens with one attached hydrogen (secondary N) is 1. The average molecular weight is 329 g/mol. The van der Waals surface area contributed by atoms with Gasteiger partial charge >= 0.3 is 0 Å². The predicted molar refractivity (Wildman–Crippen MR) is 90.6 cm³/mol. The van der Waals surface area contributed by atoms with Gasteiger partial charge in [0, 0.05) is 35.8 Å². The lowest BCUT2D eigenvalue weighted by atomic mass is 9.97. The summed E-state index contributed by atoms with van der Waals surface area (Å²) in [7, 11) is 0. The fourth-order valence-electron chi connectivity index (χ4n) is 2.55.